The molecule has 0 saturated carbocycles. The lowest BCUT2D eigenvalue weighted by Crippen LogP contribution is -2.48. The molecule has 2 amide bonds. The van der Waals surface area contributed by atoms with E-state index in [1.807, 2.05) is 32.0 Å². The minimum absolute atomic E-state index is 0.198. The van der Waals surface area contributed by atoms with Crippen LogP contribution in [0.15, 0.2) is 48.5 Å². The molecular formula is C19H22N2O4. The van der Waals surface area contributed by atoms with Gasteiger partial charge in [0, 0.05) is 0 Å². The molecule has 132 valence electrons. The third kappa shape index (κ3) is 5.53. The zero-order valence-corrected chi connectivity index (χ0v) is 14.5. The van der Waals surface area contributed by atoms with Gasteiger partial charge in [-0.05, 0) is 50.1 Å². The van der Waals surface area contributed by atoms with Gasteiger partial charge in [-0.15, -0.1) is 0 Å². The summed E-state index contributed by atoms with van der Waals surface area (Å²) in [7, 11) is 0. The Bertz CT molecular complexity index is 731. The lowest BCUT2D eigenvalue weighted by Gasteiger charge is -2.17. The first kappa shape index (κ1) is 18.3. The molecule has 6 nitrogen and oxygen atoms in total. The summed E-state index contributed by atoms with van der Waals surface area (Å²) in [6, 6.07) is 14.6. The van der Waals surface area contributed by atoms with Gasteiger partial charge >= 0.3 is 0 Å². The van der Waals surface area contributed by atoms with E-state index in [9.17, 15) is 9.59 Å². The van der Waals surface area contributed by atoms with Crippen LogP contribution in [0, 0.1) is 13.8 Å². The molecule has 2 aromatic carbocycles. The molecule has 0 aliphatic carbocycles. The highest BCUT2D eigenvalue weighted by Gasteiger charge is 2.16. The molecule has 2 N–H and O–H groups in total. The summed E-state index contributed by atoms with van der Waals surface area (Å²) in [6.45, 7) is 5.32. The van der Waals surface area contributed by atoms with E-state index in [1.165, 1.54) is 0 Å². The van der Waals surface area contributed by atoms with Crippen molar-refractivity contribution in [3.8, 4) is 11.5 Å². The zero-order chi connectivity index (χ0) is 18.2. The van der Waals surface area contributed by atoms with Crippen LogP contribution in [0.2, 0.25) is 0 Å². The molecule has 2 rings (SSSR count). The number of carbonyl (C=O) groups excluding carboxylic acids is 2. The maximum atomic E-state index is 12.0. The van der Waals surface area contributed by atoms with E-state index in [0.717, 1.165) is 11.1 Å². The van der Waals surface area contributed by atoms with Gasteiger partial charge in [0.05, 0.1) is 0 Å². The summed E-state index contributed by atoms with van der Waals surface area (Å²) < 4.78 is 10.9. The van der Waals surface area contributed by atoms with Crippen molar-refractivity contribution in [1.82, 2.24) is 10.9 Å². The SMILES string of the molecule is Cc1cccc(O[C@H](C)C(=O)NNC(=O)COc2ccccc2)c1C. The molecule has 25 heavy (non-hydrogen) atoms. The van der Waals surface area contributed by atoms with E-state index in [4.69, 9.17) is 9.47 Å². The third-order valence-electron chi connectivity index (χ3n) is 3.67. The van der Waals surface area contributed by atoms with Crippen molar-refractivity contribution in [3.05, 3.63) is 59.7 Å². The number of nitrogens with one attached hydrogen (secondary N) is 2. The maximum absolute atomic E-state index is 12.0. The van der Waals surface area contributed by atoms with Crippen molar-refractivity contribution < 1.29 is 19.1 Å². The highest BCUT2D eigenvalue weighted by molar-refractivity contribution is 5.85. The van der Waals surface area contributed by atoms with Crippen LogP contribution < -0.4 is 20.3 Å². The van der Waals surface area contributed by atoms with Crippen molar-refractivity contribution in [2.75, 3.05) is 6.61 Å². The Morgan fingerprint density at radius 3 is 2.44 bits per heavy atom. The average molecular weight is 342 g/mol. The summed E-state index contributed by atoms with van der Waals surface area (Å²) in [5, 5.41) is 0. The number of amides is 2. The predicted molar refractivity (Wildman–Crippen MR) is 94.2 cm³/mol. The molecule has 0 spiro atoms. The molecule has 0 fully saturated rings. The molecule has 0 unspecified atom stereocenters. The first-order valence-corrected chi connectivity index (χ1v) is 7.97. The summed E-state index contributed by atoms with van der Waals surface area (Å²) >= 11 is 0. The van der Waals surface area contributed by atoms with E-state index in [0.29, 0.717) is 11.5 Å². The molecule has 0 saturated heterocycles. The van der Waals surface area contributed by atoms with E-state index in [-0.39, 0.29) is 6.61 Å². The first-order valence-electron chi connectivity index (χ1n) is 7.97. The number of rotatable bonds is 6. The molecule has 0 heterocycles. The number of hydrogen-bond acceptors (Lipinski definition) is 4. The van der Waals surface area contributed by atoms with Gasteiger partial charge in [-0.1, -0.05) is 30.3 Å². The zero-order valence-electron chi connectivity index (χ0n) is 14.5. The second-order valence-electron chi connectivity index (χ2n) is 5.60. The highest BCUT2D eigenvalue weighted by Crippen LogP contribution is 2.21. The monoisotopic (exact) mass is 342 g/mol. The Morgan fingerprint density at radius 1 is 1.00 bits per heavy atom. The largest absolute Gasteiger partial charge is 0.484 e. The molecule has 2 aromatic rings. The minimum atomic E-state index is -0.754. The second-order valence-corrected chi connectivity index (χ2v) is 5.60. The maximum Gasteiger partial charge on any atom is 0.279 e. The van der Waals surface area contributed by atoms with Crippen molar-refractivity contribution in [2.45, 2.75) is 26.9 Å². The van der Waals surface area contributed by atoms with Gasteiger partial charge in [0.15, 0.2) is 12.7 Å². The fourth-order valence-electron chi connectivity index (χ4n) is 2.03. The van der Waals surface area contributed by atoms with Crippen LogP contribution in [0.3, 0.4) is 0 Å². The Morgan fingerprint density at radius 2 is 1.72 bits per heavy atom. The highest BCUT2D eigenvalue weighted by atomic mass is 16.5. The van der Waals surface area contributed by atoms with E-state index in [2.05, 4.69) is 10.9 Å². The van der Waals surface area contributed by atoms with Crippen molar-refractivity contribution in [3.63, 3.8) is 0 Å². The van der Waals surface area contributed by atoms with Crippen LogP contribution >= 0.6 is 0 Å². The van der Waals surface area contributed by atoms with Crippen LogP contribution in [0.1, 0.15) is 18.1 Å². The van der Waals surface area contributed by atoms with Crippen molar-refractivity contribution in [2.24, 2.45) is 0 Å². The number of hydrazine groups is 1. The molecule has 0 aliphatic rings. The smallest absolute Gasteiger partial charge is 0.279 e. The van der Waals surface area contributed by atoms with Crippen LogP contribution in [-0.4, -0.2) is 24.5 Å². The Hall–Kier alpha value is -3.02. The molecule has 1 atom stereocenters. The summed E-state index contributed by atoms with van der Waals surface area (Å²) in [5.41, 5.74) is 6.69. The molecule has 6 heteroatoms. The van der Waals surface area contributed by atoms with Gasteiger partial charge in [0.1, 0.15) is 11.5 Å². The average Bonchev–Trinajstić information content (AvgIpc) is 2.62. The molecule has 0 bridgehead atoms. The number of carbonyl (C=O) groups is 2. The van der Waals surface area contributed by atoms with Gasteiger partial charge in [0.25, 0.3) is 11.8 Å². The van der Waals surface area contributed by atoms with E-state index in [1.54, 1.807) is 37.3 Å². The topological polar surface area (TPSA) is 76.7 Å². The molecule has 0 aliphatic heterocycles. The summed E-state index contributed by atoms with van der Waals surface area (Å²) in [6.07, 6.45) is -0.754. The minimum Gasteiger partial charge on any atom is -0.484 e. The quantitative estimate of drug-likeness (QED) is 0.790. The lowest BCUT2D eigenvalue weighted by molar-refractivity contribution is -0.133. The van der Waals surface area contributed by atoms with Gasteiger partial charge in [-0.2, -0.15) is 0 Å². The van der Waals surface area contributed by atoms with E-state index < -0.39 is 17.9 Å². The van der Waals surface area contributed by atoms with Gasteiger partial charge in [-0.25, -0.2) is 0 Å². The standard InChI is InChI=1S/C19H22N2O4/c1-13-8-7-11-17(14(13)2)25-15(3)19(23)21-20-18(22)12-24-16-9-5-4-6-10-16/h4-11,15H,12H2,1-3H3,(H,20,22)(H,21,23)/t15-/m1/s1. The summed E-state index contributed by atoms with van der Waals surface area (Å²) in [4.78, 5) is 23.7. The number of ether oxygens (including phenoxy) is 2. The van der Waals surface area contributed by atoms with Crippen LogP contribution in [0.25, 0.3) is 0 Å². The number of aryl methyl sites for hydroxylation is 1. The van der Waals surface area contributed by atoms with Gasteiger partial charge < -0.3 is 9.47 Å². The first-order chi connectivity index (χ1) is 12.0. The number of hydrogen-bond donors (Lipinski definition) is 2. The van der Waals surface area contributed by atoms with Crippen LogP contribution in [-0.2, 0) is 9.59 Å². The van der Waals surface area contributed by atoms with Crippen LogP contribution in [0.5, 0.6) is 11.5 Å². The van der Waals surface area contributed by atoms with E-state index >= 15 is 0 Å². The van der Waals surface area contributed by atoms with Gasteiger partial charge in [-0.3, -0.25) is 20.4 Å². The van der Waals surface area contributed by atoms with Crippen molar-refractivity contribution >= 4 is 11.8 Å². The lowest BCUT2D eigenvalue weighted by atomic mass is 10.1. The molecule has 0 radical (unpaired) electrons. The molecule has 0 aromatic heterocycles. The normalized spacial score (nSPS) is 11.3. The van der Waals surface area contributed by atoms with Gasteiger partial charge in [0.2, 0.25) is 0 Å². The predicted octanol–water partition coefficient (Wildman–Crippen LogP) is 2.30. The Kier molecular flexibility index (Phi) is 6.39. The van der Waals surface area contributed by atoms with Crippen LogP contribution in [0.4, 0.5) is 0 Å². The Balaban J connectivity index is 1.77. The molecular weight excluding hydrogens is 320 g/mol. The number of benzene rings is 2. The summed E-state index contributed by atoms with van der Waals surface area (Å²) in [5.74, 6) is 0.307. The Labute approximate surface area is 147 Å². The third-order valence-corrected chi connectivity index (χ3v) is 3.67. The second kappa shape index (κ2) is 8.73. The fraction of sp³-hybridized carbons (Fsp3) is 0.263. The number of para-hydroxylation sites is 1. The fourth-order valence-corrected chi connectivity index (χ4v) is 2.03. The van der Waals surface area contributed by atoms with Crippen molar-refractivity contribution in [1.29, 1.82) is 0 Å².